The van der Waals surface area contributed by atoms with Crippen LogP contribution in [0.2, 0.25) is 0 Å². The molecule has 0 spiro atoms. The Morgan fingerprint density at radius 3 is 1.96 bits per heavy atom. The van der Waals surface area contributed by atoms with E-state index in [0.29, 0.717) is 12.1 Å². The fourth-order valence-corrected chi connectivity index (χ4v) is 1.77. The predicted molar refractivity (Wildman–Crippen MR) is 62.5 cm³/mol. The third kappa shape index (κ3) is 3.99. The summed E-state index contributed by atoms with van der Waals surface area (Å²) in [7, 11) is 0. The van der Waals surface area contributed by atoms with Crippen LogP contribution < -0.4 is 0 Å². The fourth-order valence-electron chi connectivity index (χ4n) is 1.77. The Bertz CT molecular complexity index is 703. The molecule has 0 atom stereocenters. The molecule has 0 saturated heterocycles. The minimum Gasteiger partial charge on any atom is -0.476 e. The first-order chi connectivity index (χ1) is 10.5. The zero-order valence-corrected chi connectivity index (χ0v) is 11.0. The van der Waals surface area contributed by atoms with E-state index in [1.54, 1.807) is 0 Å². The summed E-state index contributed by atoms with van der Waals surface area (Å²) in [6, 6.07) is 1.09. The second-order valence-corrected chi connectivity index (χ2v) is 4.52. The third-order valence-corrected chi connectivity index (χ3v) is 2.75. The summed E-state index contributed by atoms with van der Waals surface area (Å²) < 4.78 is 77.1. The van der Waals surface area contributed by atoms with Crippen LogP contribution in [0.5, 0.6) is 0 Å². The average Bonchev–Trinajstić information content (AvgIpc) is 2.85. The van der Waals surface area contributed by atoms with Gasteiger partial charge in [0.1, 0.15) is 0 Å². The van der Waals surface area contributed by atoms with E-state index >= 15 is 0 Å². The number of carbonyl (C=O) groups is 1. The quantitative estimate of drug-likeness (QED) is 0.873. The molecular formula is C12H7F6N3O2. The second kappa shape index (κ2) is 5.56. The maximum absolute atomic E-state index is 12.7. The van der Waals surface area contributed by atoms with Gasteiger partial charge >= 0.3 is 18.3 Å². The highest BCUT2D eigenvalue weighted by atomic mass is 19.4. The molecule has 2 rings (SSSR count). The maximum atomic E-state index is 12.7. The van der Waals surface area contributed by atoms with Crippen molar-refractivity contribution in [3.05, 3.63) is 46.8 Å². The molecule has 0 bridgehead atoms. The maximum Gasteiger partial charge on any atom is 0.416 e. The van der Waals surface area contributed by atoms with Gasteiger partial charge in [-0.2, -0.15) is 26.3 Å². The van der Waals surface area contributed by atoms with Crippen molar-refractivity contribution >= 4 is 5.97 Å². The van der Waals surface area contributed by atoms with Crippen molar-refractivity contribution in [1.29, 1.82) is 0 Å². The number of aromatic carboxylic acids is 1. The molecule has 0 unspecified atom stereocenters. The summed E-state index contributed by atoms with van der Waals surface area (Å²) in [4.78, 5) is 10.6. The van der Waals surface area contributed by atoms with Gasteiger partial charge in [0.25, 0.3) is 0 Å². The number of carboxylic acid groups (broad SMARTS) is 1. The van der Waals surface area contributed by atoms with Crippen LogP contribution in [-0.4, -0.2) is 26.1 Å². The first-order valence-electron chi connectivity index (χ1n) is 5.88. The predicted octanol–water partition coefficient (Wildman–Crippen LogP) is 3.06. The Hall–Kier alpha value is -2.59. The molecule has 11 heteroatoms. The fraction of sp³-hybridized carbons (Fsp3) is 0.250. The van der Waals surface area contributed by atoms with E-state index in [1.807, 2.05) is 0 Å². The SMILES string of the molecule is O=C(O)c1cn(Cc2cc(C(F)(F)F)cc(C(F)(F)F)c2)nn1. The normalized spacial score (nSPS) is 12.4. The summed E-state index contributed by atoms with van der Waals surface area (Å²) in [5, 5.41) is 15.2. The highest BCUT2D eigenvalue weighted by molar-refractivity contribution is 5.84. The molecule has 0 aliphatic rings. The van der Waals surface area contributed by atoms with Crippen molar-refractivity contribution in [3.8, 4) is 0 Å². The molecule has 1 aromatic carbocycles. The summed E-state index contributed by atoms with van der Waals surface area (Å²) in [6.07, 6.45) is -9.01. The molecule has 124 valence electrons. The molecule has 0 fully saturated rings. The second-order valence-electron chi connectivity index (χ2n) is 4.52. The molecule has 0 amide bonds. The van der Waals surface area contributed by atoms with Crippen molar-refractivity contribution in [1.82, 2.24) is 15.0 Å². The number of nitrogens with zero attached hydrogens (tertiary/aromatic N) is 3. The number of alkyl halides is 6. The molecular weight excluding hydrogens is 332 g/mol. The van der Waals surface area contributed by atoms with Crippen LogP contribution in [0.1, 0.15) is 27.2 Å². The smallest absolute Gasteiger partial charge is 0.416 e. The number of carboxylic acids is 1. The van der Waals surface area contributed by atoms with Gasteiger partial charge in [0, 0.05) is 0 Å². The highest BCUT2D eigenvalue weighted by Gasteiger charge is 2.36. The van der Waals surface area contributed by atoms with E-state index in [9.17, 15) is 31.1 Å². The molecule has 1 heterocycles. The lowest BCUT2D eigenvalue weighted by atomic mass is 10.0. The number of halogens is 6. The van der Waals surface area contributed by atoms with Gasteiger partial charge in [-0.15, -0.1) is 5.10 Å². The molecule has 0 saturated carbocycles. The van der Waals surface area contributed by atoms with Gasteiger partial charge in [-0.05, 0) is 23.8 Å². The summed E-state index contributed by atoms with van der Waals surface area (Å²) in [5.41, 5.74) is -3.73. The molecule has 5 nitrogen and oxygen atoms in total. The molecule has 0 radical (unpaired) electrons. The van der Waals surface area contributed by atoms with Gasteiger partial charge in [-0.3, -0.25) is 0 Å². The van der Waals surface area contributed by atoms with Crippen LogP contribution in [0.4, 0.5) is 26.3 Å². The zero-order valence-electron chi connectivity index (χ0n) is 11.0. The van der Waals surface area contributed by atoms with E-state index in [4.69, 9.17) is 5.11 Å². The van der Waals surface area contributed by atoms with E-state index in [0.717, 1.165) is 10.9 Å². The Morgan fingerprint density at radius 2 is 1.57 bits per heavy atom. The first kappa shape index (κ1) is 16.8. The summed E-state index contributed by atoms with van der Waals surface area (Å²) in [6.45, 7) is -0.493. The third-order valence-electron chi connectivity index (χ3n) is 2.75. The van der Waals surface area contributed by atoms with Gasteiger partial charge in [-0.1, -0.05) is 5.21 Å². The lowest BCUT2D eigenvalue weighted by molar-refractivity contribution is -0.143. The Balaban J connectivity index is 2.42. The highest BCUT2D eigenvalue weighted by Crippen LogP contribution is 2.36. The number of aromatic nitrogens is 3. The Kier molecular flexibility index (Phi) is 4.05. The van der Waals surface area contributed by atoms with Crippen LogP contribution >= 0.6 is 0 Å². The van der Waals surface area contributed by atoms with Crippen LogP contribution in [0.15, 0.2) is 24.4 Å². The van der Waals surface area contributed by atoms with Gasteiger partial charge in [0.2, 0.25) is 0 Å². The number of rotatable bonds is 3. The van der Waals surface area contributed by atoms with Crippen LogP contribution in [0.3, 0.4) is 0 Å². The minimum atomic E-state index is -4.95. The standard InChI is InChI=1S/C12H7F6N3O2/c13-11(14,15)7-1-6(2-8(3-7)12(16,17)18)4-21-5-9(10(22)23)19-20-21/h1-3,5H,4H2,(H,22,23). The molecule has 1 aromatic heterocycles. The topological polar surface area (TPSA) is 68.0 Å². The lowest BCUT2D eigenvalue weighted by Gasteiger charge is -2.14. The average molecular weight is 339 g/mol. The Morgan fingerprint density at radius 1 is 1.04 bits per heavy atom. The lowest BCUT2D eigenvalue weighted by Crippen LogP contribution is -2.13. The first-order valence-corrected chi connectivity index (χ1v) is 5.88. The van der Waals surface area contributed by atoms with Crippen molar-refractivity contribution in [2.24, 2.45) is 0 Å². The van der Waals surface area contributed by atoms with Crippen molar-refractivity contribution in [2.45, 2.75) is 18.9 Å². The summed E-state index contributed by atoms with van der Waals surface area (Å²) >= 11 is 0. The summed E-state index contributed by atoms with van der Waals surface area (Å²) in [5.74, 6) is -1.42. The molecule has 23 heavy (non-hydrogen) atoms. The molecule has 0 aliphatic heterocycles. The van der Waals surface area contributed by atoms with Gasteiger partial charge in [0.05, 0.1) is 23.9 Å². The minimum absolute atomic E-state index is 0.00746. The van der Waals surface area contributed by atoms with Gasteiger partial charge < -0.3 is 5.11 Å². The van der Waals surface area contributed by atoms with E-state index in [1.165, 1.54) is 0 Å². The van der Waals surface area contributed by atoms with Crippen molar-refractivity contribution in [3.63, 3.8) is 0 Å². The van der Waals surface area contributed by atoms with Crippen LogP contribution in [-0.2, 0) is 18.9 Å². The number of hydrogen-bond donors (Lipinski definition) is 1. The number of hydrogen-bond acceptors (Lipinski definition) is 3. The largest absolute Gasteiger partial charge is 0.476 e. The van der Waals surface area contributed by atoms with Gasteiger partial charge in [-0.25, -0.2) is 9.48 Å². The van der Waals surface area contributed by atoms with Gasteiger partial charge in [0.15, 0.2) is 5.69 Å². The Labute approximate surface area is 124 Å². The molecule has 1 N–H and O–H groups in total. The zero-order chi connectivity index (χ0) is 17.4. The van der Waals surface area contributed by atoms with E-state index in [2.05, 4.69) is 10.3 Å². The van der Waals surface area contributed by atoms with E-state index < -0.39 is 41.7 Å². The monoisotopic (exact) mass is 339 g/mol. The van der Waals surface area contributed by atoms with Crippen molar-refractivity contribution < 1.29 is 36.2 Å². The van der Waals surface area contributed by atoms with Crippen LogP contribution in [0.25, 0.3) is 0 Å². The number of benzene rings is 1. The van der Waals surface area contributed by atoms with Crippen LogP contribution in [0, 0.1) is 0 Å². The molecule has 2 aromatic rings. The van der Waals surface area contributed by atoms with Crippen molar-refractivity contribution in [2.75, 3.05) is 0 Å². The van der Waals surface area contributed by atoms with E-state index in [-0.39, 0.29) is 11.6 Å². The molecule has 0 aliphatic carbocycles.